The molecule has 2 nitrogen and oxygen atoms in total. The van der Waals surface area contributed by atoms with Crippen LogP contribution < -0.4 is 0 Å². The first kappa shape index (κ1) is 18.4. The fraction of sp³-hybridized carbons (Fsp3) is 0.455. The highest BCUT2D eigenvalue weighted by molar-refractivity contribution is 5.51. The molecule has 0 amide bonds. The number of phenolic OH excluding ortho intramolecular Hbond substituents is 2. The van der Waals surface area contributed by atoms with Crippen LogP contribution in [0.25, 0.3) is 0 Å². The third-order valence-corrected chi connectivity index (χ3v) is 4.51. The smallest absolute Gasteiger partial charge is 0.123 e. The van der Waals surface area contributed by atoms with Crippen LogP contribution in [0.2, 0.25) is 0 Å². The lowest BCUT2D eigenvalue weighted by molar-refractivity contribution is 0.423. The summed E-state index contributed by atoms with van der Waals surface area (Å²) in [5.41, 5.74) is 5.20. The molecule has 0 radical (unpaired) electrons. The zero-order chi connectivity index (χ0) is 18.3. The predicted molar refractivity (Wildman–Crippen MR) is 101 cm³/mol. The average Bonchev–Trinajstić information content (AvgIpc) is 2.41. The molecule has 2 rings (SSSR count). The van der Waals surface area contributed by atoms with Crippen molar-refractivity contribution in [2.75, 3.05) is 0 Å². The standard InChI is InChI=1S/C22H30O2/c1-14-10-17(23)9-8-16(14)11-15-12-18(21(2,3)4)20(24)19(13-15)22(5,6)7/h8-10,12-13,23-24H,11H2,1-7H3. The van der Waals surface area contributed by atoms with E-state index < -0.39 is 0 Å². The molecule has 0 spiro atoms. The zero-order valence-electron chi connectivity index (χ0n) is 16.0. The molecule has 2 heteroatoms. The fourth-order valence-corrected chi connectivity index (χ4v) is 3.04. The molecule has 0 heterocycles. The number of benzene rings is 2. The Labute approximate surface area is 146 Å². The first-order valence-corrected chi connectivity index (χ1v) is 8.55. The first-order valence-electron chi connectivity index (χ1n) is 8.55. The number of hydrogen-bond acceptors (Lipinski definition) is 2. The average molecular weight is 326 g/mol. The molecule has 0 aromatic heterocycles. The lowest BCUT2D eigenvalue weighted by atomic mass is 9.78. The molecule has 24 heavy (non-hydrogen) atoms. The Hall–Kier alpha value is -1.96. The molecule has 2 N–H and O–H groups in total. The largest absolute Gasteiger partial charge is 0.508 e. The SMILES string of the molecule is Cc1cc(O)ccc1Cc1cc(C(C)(C)C)c(O)c(C(C)(C)C)c1. The highest BCUT2D eigenvalue weighted by atomic mass is 16.3. The molecule has 0 saturated carbocycles. The number of aromatic hydroxyl groups is 2. The second-order valence-corrected chi connectivity index (χ2v) is 8.83. The van der Waals surface area contributed by atoms with Gasteiger partial charge in [-0.05, 0) is 64.1 Å². The van der Waals surface area contributed by atoms with Crippen LogP contribution >= 0.6 is 0 Å². The topological polar surface area (TPSA) is 40.5 Å². The van der Waals surface area contributed by atoms with Crippen LogP contribution in [0, 0.1) is 6.92 Å². The summed E-state index contributed by atoms with van der Waals surface area (Å²) in [5, 5.41) is 20.4. The minimum Gasteiger partial charge on any atom is -0.508 e. The lowest BCUT2D eigenvalue weighted by Crippen LogP contribution is -2.18. The molecule has 130 valence electrons. The van der Waals surface area contributed by atoms with E-state index in [0.29, 0.717) is 11.5 Å². The van der Waals surface area contributed by atoms with Crippen molar-refractivity contribution >= 4 is 0 Å². The van der Waals surface area contributed by atoms with Crippen LogP contribution in [0.15, 0.2) is 30.3 Å². The Morgan fingerprint density at radius 1 is 0.792 bits per heavy atom. The molecule has 0 bridgehead atoms. The molecule has 0 saturated heterocycles. The molecule has 0 aliphatic heterocycles. The van der Waals surface area contributed by atoms with Crippen molar-refractivity contribution in [3.63, 3.8) is 0 Å². The fourth-order valence-electron chi connectivity index (χ4n) is 3.04. The van der Waals surface area contributed by atoms with Crippen LogP contribution in [0.3, 0.4) is 0 Å². The molecule has 0 unspecified atom stereocenters. The van der Waals surface area contributed by atoms with Crippen molar-refractivity contribution in [3.05, 3.63) is 58.1 Å². The van der Waals surface area contributed by atoms with E-state index >= 15 is 0 Å². The maximum atomic E-state index is 10.8. The van der Waals surface area contributed by atoms with E-state index in [1.165, 1.54) is 11.1 Å². The summed E-state index contributed by atoms with van der Waals surface area (Å²) >= 11 is 0. The van der Waals surface area contributed by atoms with Gasteiger partial charge in [0.05, 0.1) is 0 Å². The maximum Gasteiger partial charge on any atom is 0.123 e. The highest BCUT2D eigenvalue weighted by Gasteiger charge is 2.26. The van der Waals surface area contributed by atoms with Gasteiger partial charge in [-0.1, -0.05) is 59.7 Å². The summed E-state index contributed by atoms with van der Waals surface area (Å²) in [7, 11) is 0. The second-order valence-electron chi connectivity index (χ2n) is 8.83. The van der Waals surface area contributed by atoms with Crippen molar-refractivity contribution in [2.45, 2.75) is 65.7 Å². The Morgan fingerprint density at radius 3 is 1.71 bits per heavy atom. The van der Waals surface area contributed by atoms with Crippen molar-refractivity contribution < 1.29 is 10.2 Å². The molecular weight excluding hydrogens is 296 g/mol. The van der Waals surface area contributed by atoms with Gasteiger partial charge in [0.1, 0.15) is 11.5 Å². The molecule has 0 aliphatic carbocycles. The van der Waals surface area contributed by atoms with Crippen molar-refractivity contribution in [1.82, 2.24) is 0 Å². The van der Waals surface area contributed by atoms with E-state index in [4.69, 9.17) is 0 Å². The zero-order valence-corrected chi connectivity index (χ0v) is 16.0. The van der Waals surface area contributed by atoms with Crippen LogP contribution in [0.1, 0.15) is 69.4 Å². The van der Waals surface area contributed by atoms with Gasteiger partial charge >= 0.3 is 0 Å². The van der Waals surface area contributed by atoms with Crippen molar-refractivity contribution in [3.8, 4) is 11.5 Å². The minimum absolute atomic E-state index is 0.121. The Balaban J connectivity index is 2.58. The van der Waals surface area contributed by atoms with E-state index in [9.17, 15) is 10.2 Å². The molecule has 0 fully saturated rings. The molecule has 2 aromatic carbocycles. The van der Waals surface area contributed by atoms with Gasteiger partial charge in [0.15, 0.2) is 0 Å². The van der Waals surface area contributed by atoms with E-state index in [0.717, 1.165) is 23.1 Å². The van der Waals surface area contributed by atoms with E-state index in [-0.39, 0.29) is 10.8 Å². The summed E-state index contributed by atoms with van der Waals surface area (Å²) in [5.74, 6) is 0.717. The summed E-state index contributed by atoms with van der Waals surface area (Å²) in [6.45, 7) is 14.8. The van der Waals surface area contributed by atoms with Crippen LogP contribution in [-0.4, -0.2) is 10.2 Å². The second kappa shape index (κ2) is 6.16. The van der Waals surface area contributed by atoms with Gasteiger partial charge in [0.25, 0.3) is 0 Å². The normalized spacial score (nSPS) is 12.5. The van der Waals surface area contributed by atoms with Crippen LogP contribution in [-0.2, 0) is 17.3 Å². The summed E-state index contributed by atoms with van der Waals surface area (Å²) in [6, 6.07) is 9.75. The Morgan fingerprint density at radius 2 is 1.29 bits per heavy atom. The van der Waals surface area contributed by atoms with E-state index in [1.54, 1.807) is 12.1 Å². The van der Waals surface area contributed by atoms with Gasteiger partial charge in [0, 0.05) is 0 Å². The van der Waals surface area contributed by atoms with Gasteiger partial charge in [-0.2, -0.15) is 0 Å². The van der Waals surface area contributed by atoms with Gasteiger partial charge in [-0.3, -0.25) is 0 Å². The van der Waals surface area contributed by atoms with Gasteiger partial charge in [0.2, 0.25) is 0 Å². The minimum atomic E-state index is -0.121. The highest BCUT2D eigenvalue weighted by Crippen LogP contribution is 2.40. The Kier molecular flexibility index (Phi) is 4.72. The summed E-state index contributed by atoms with van der Waals surface area (Å²) in [6.07, 6.45) is 0.790. The van der Waals surface area contributed by atoms with Crippen molar-refractivity contribution in [2.24, 2.45) is 0 Å². The third-order valence-electron chi connectivity index (χ3n) is 4.51. The van der Waals surface area contributed by atoms with Gasteiger partial charge in [-0.25, -0.2) is 0 Å². The first-order chi connectivity index (χ1) is 10.9. The van der Waals surface area contributed by atoms with E-state index in [2.05, 4.69) is 53.7 Å². The van der Waals surface area contributed by atoms with Crippen LogP contribution in [0.4, 0.5) is 0 Å². The molecular formula is C22H30O2. The molecule has 0 atom stereocenters. The summed E-state index contributed by atoms with van der Waals surface area (Å²) in [4.78, 5) is 0. The number of rotatable bonds is 2. The maximum absolute atomic E-state index is 10.8. The molecule has 0 aliphatic rings. The number of aryl methyl sites for hydroxylation is 1. The van der Waals surface area contributed by atoms with Crippen molar-refractivity contribution in [1.29, 1.82) is 0 Å². The third kappa shape index (κ3) is 3.92. The monoisotopic (exact) mass is 326 g/mol. The van der Waals surface area contributed by atoms with Gasteiger partial charge < -0.3 is 10.2 Å². The number of hydrogen-bond donors (Lipinski definition) is 2. The van der Waals surface area contributed by atoms with Crippen LogP contribution in [0.5, 0.6) is 11.5 Å². The lowest BCUT2D eigenvalue weighted by Gasteiger charge is -2.28. The quantitative estimate of drug-likeness (QED) is 0.755. The Bertz CT molecular complexity index is 709. The summed E-state index contributed by atoms with van der Waals surface area (Å²) < 4.78 is 0. The van der Waals surface area contributed by atoms with E-state index in [1.807, 2.05) is 13.0 Å². The molecule has 2 aromatic rings. The van der Waals surface area contributed by atoms with Gasteiger partial charge in [-0.15, -0.1) is 0 Å². The number of phenols is 2. The predicted octanol–water partition coefficient (Wildman–Crippen LogP) is 5.59.